The number of fused-ring (bicyclic) bond motifs is 1. The third-order valence-electron chi connectivity index (χ3n) is 2.62. The first-order valence-corrected chi connectivity index (χ1v) is 4.62. The molecule has 1 aliphatic rings. The lowest BCUT2D eigenvalue weighted by molar-refractivity contribution is -0.146. The lowest BCUT2D eigenvalue weighted by Crippen LogP contribution is -2.18. The number of carboxylic acid groups (broad SMARTS) is 1. The summed E-state index contributed by atoms with van der Waals surface area (Å²) < 4.78 is 5.47. The monoisotopic (exact) mass is 192 g/mol. The summed E-state index contributed by atoms with van der Waals surface area (Å²) in [6, 6.07) is 7.77. The molecule has 3 nitrogen and oxygen atoms in total. The van der Waals surface area contributed by atoms with Gasteiger partial charge in [0.05, 0.1) is 18.6 Å². The Bertz CT molecular complexity index is 359. The van der Waals surface area contributed by atoms with Crippen molar-refractivity contribution in [2.45, 2.75) is 19.6 Å². The van der Waals surface area contributed by atoms with Gasteiger partial charge < -0.3 is 9.84 Å². The van der Waals surface area contributed by atoms with Crippen LogP contribution in [0.4, 0.5) is 0 Å². The van der Waals surface area contributed by atoms with Crippen molar-refractivity contribution in [3.05, 3.63) is 35.4 Å². The number of carbonyl (C=O) groups is 1. The van der Waals surface area contributed by atoms with E-state index in [1.54, 1.807) is 6.92 Å². The van der Waals surface area contributed by atoms with Gasteiger partial charge >= 0.3 is 5.97 Å². The smallest absolute Gasteiger partial charge is 0.309 e. The molecule has 0 fully saturated rings. The molecule has 1 aromatic carbocycles. The molecule has 3 heteroatoms. The number of carboxylic acids is 1. The molecule has 74 valence electrons. The van der Waals surface area contributed by atoms with Crippen LogP contribution in [-0.4, -0.2) is 11.1 Å². The van der Waals surface area contributed by atoms with Gasteiger partial charge in [0.1, 0.15) is 0 Å². The van der Waals surface area contributed by atoms with Crippen LogP contribution in [0.25, 0.3) is 0 Å². The second kappa shape index (κ2) is 3.42. The summed E-state index contributed by atoms with van der Waals surface area (Å²) in [6.45, 7) is 2.20. The Morgan fingerprint density at radius 1 is 1.57 bits per heavy atom. The summed E-state index contributed by atoms with van der Waals surface area (Å²) in [7, 11) is 0. The Hall–Kier alpha value is -1.35. The lowest BCUT2D eigenvalue weighted by Gasteiger charge is -2.15. The lowest BCUT2D eigenvalue weighted by atomic mass is 9.96. The molecule has 1 aromatic rings. The van der Waals surface area contributed by atoms with Crippen molar-refractivity contribution in [3.63, 3.8) is 0 Å². The van der Waals surface area contributed by atoms with Crippen LogP contribution in [0.15, 0.2) is 24.3 Å². The Kier molecular flexibility index (Phi) is 2.25. The van der Waals surface area contributed by atoms with E-state index in [1.165, 1.54) is 0 Å². The minimum atomic E-state index is -0.813. The van der Waals surface area contributed by atoms with Crippen molar-refractivity contribution >= 4 is 5.97 Å². The maximum atomic E-state index is 10.8. The van der Waals surface area contributed by atoms with Crippen LogP contribution < -0.4 is 0 Å². The molecule has 0 spiro atoms. The number of benzene rings is 1. The van der Waals surface area contributed by atoms with Gasteiger partial charge in [-0.2, -0.15) is 0 Å². The zero-order valence-corrected chi connectivity index (χ0v) is 7.93. The average Bonchev–Trinajstić information content (AvgIpc) is 2.60. The van der Waals surface area contributed by atoms with Crippen LogP contribution >= 0.6 is 0 Å². The predicted octanol–water partition coefficient (Wildman–Crippen LogP) is 1.98. The molecule has 1 heterocycles. The normalized spacial score (nSPS) is 21.6. The van der Waals surface area contributed by atoms with Crippen molar-refractivity contribution in [3.8, 4) is 0 Å². The van der Waals surface area contributed by atoms with Crippen LogP contribution in [-0.2, 0) is 16.1 Å². The second-order valence-electron chi connectivity index (χ2n) is 3.56. The highest BCUT2D eigenvalue weighted by molar-refractivity contribution is 5.70. The minimum Gasteiger partial charge on any atom is -0.481 e. The molecule has 0 amide bonds. The van der Waals surface area contributed by atoms with Gasteiger partial charge in [0.15, 0.2) is 0 Å². The summed E-state index contributed by atoms with van der Waals surface area (Å²) in [6.07, 6.45) is -0.288. The van der Waals surface area contributed by atoms with Gasteiger partial charge in [-0.25, -0.2) is 0 Å². The van der Waals surface area contributed by atoms with Crippen molar-refractivity contribution < 1.29 is 14.6 Å². The van der Waals surface area contributed by atoms with Gasteiger partial charge in [-0.1, -0.05) is 24.3 Å². The Morgan fingerprint density at radius 2 is 2.29 bits per heavy atom. The highest BCUT2D eigenvalue weighted by atomic mass is 16.5. The van der Waals surface area contributed by atoms with Crippen molar-refractivity contribution in [1.82, 2.24) is 0 Å². The molecular weight excluding hydrogens is 180 g/mol. The first-order chi connectivity index (χ1) is 6.70. The third kappa shape index (κ3) is 1.40. The summed E-state index contributed by atoms with van der Waals surface area (Å²) in [4.78, 5) is 10.8. The van der Waals surface area contributed by atoms with Gasteiger partial charge in [0, 0.05) is 0 Å². The fourth-order valence-electron chi connectivity index (χ4n) is 1.76. The van der Waals surface area contributed by atoms with E-state index < -0.39 is 11.9 Å². The van der Waals surface area contributed by atoms with E-state index >= 15 is 0 Å². The molecule has 14 heavy (non-hydrogen) atoms. The van der Waals surface area contributed by atoms with E-state index in [9.17, 15) is 4.79 Å². The fraction of sp³-hybridized carbons (Fsp3) is 0.364. The number of hydrogen-bond donors (Lipinski definition) is 1. The molecule has 2 atom stereocenters. The average molecular weight is 192 g/mol. The Morgan fingerprint density at radius 3 is 3.00 bits per heavy atom. The van der Waals surface area contributed by atoms with E-state index in [2.05, 4.69) is 0 Å². The molecule has 1 unspecified atom stereocenters. The number of aliphatic carboxylic acids is 1. The zero-order valence-electron chi connectivity index (χ0n) is 7.93. The summed E-state index contributed by atoms with van der Waals surface area (Å²) in [5.74, 6) is -1.30. The largest absolute Gasteiger partial charge is 0.481 e. The summed E-state index contributed by atoms with van der Waals surface area (Å²) >= 11 is 0. The summed E-state index contributed by atoms with van der Waals surface area (Å²) in [5, 5.41) is 8.89. The molecule has 2 rings (SSSR count). The quantitative estimate of drug-likeness (QED) is 0.779. The fourth-order valence-corrected chi connectivity index (χ4v) is 1.76. The van der Waals surface area contributed by atoms with Gasteiger partial charge in [-0.3, -0.25) is 4.79 Å². The number of hydrogen-bond acceptors (Lipinski definition) is 2. The van der Waals surface area contributed by atoms with Crippen molar-refractivity contribution in [2.24, 2.45) is 5.92 Å². The van der Waals surface area contributed by atoms with Gasteiger partial charge in [-0.15, -0.1) is 0 Å². The molecule has 0 radical (unpaired) electrons. The molecule has 0 saturated heterocycles. The maximum absolute atomic E-state index is 10.8. The van der Waals surface area contributed by atoms with E-state index in [0.717, 1.165) is 11.1 Å². The van der Waals surface area contributed by atoms with Crippen molar-refractivity contribution in [2.75, 3.05) is 0 Å². The van der Waals surface area contributed by atoms with E-state index in [1.807, 2.05) is 24.3 Å². The summed E-state index contributed by atoms with van der Waals surface area (Å²) in [5.41, 5.74) is 2.12. The third-order valence-corrected chi connectivity index (χ3v) is 2.62. The standard InChI is InChI=1S/C11H12O3/c1-7(11(12)13)10-9-5-3-2-4-8(9)6-14-10/h2-5,7,10H,6H2,1H3,(H,12,13)/t7-,10?/m1/s1. The molecule has 1 aliphatic heterocycles. The molecular formula is C11H12O3. The van der Waals surface area contributed by atoms with Gasteiger partial charge in [0.25, 0.3) is 0 Å². The molecule has 0 bridgehead atoms. The molecule has 0 saturated carbocycles. The zero-order chi connectivity index (χ0) is 10.1. The van der Waals surface area contributed by atoms with Crippen LogP contribution in [0.5, 0.6) is 0 Å². The van der Waals surface area contributed by atoms with Gasteiger partial charge in [-0.05, 0) is 18.1 Å². The molecule has 0 aromatic heterocycles. The van der Waals surface area contributed by atoms with Crippen LogP contribution in [0, 0.1) is 5.92 Å². The topological polar surface area (TPSA) is 46.5 Å². The predicted molar refractivity (Wildman–Crippen MR) is 50.8 cm³/mol. The Labute approximate surface area is 82.3 Å². The minimum absolute atomic E-state index is 0.288. The second-order valence-corrected chi connectivity index (χ2v) is 3.56. The molecule has 1 N–H and O–H groups in total. The van der Waals surface area contributed by atoms with E-state index in [0.29, 0.717) is 6.61 Å². The number of ether oxygens (including phenoxy) is 1. The van der Waals surface area contributed by atoms with E-state index in [4.69, 9.17) is 9.84 Å². The Balaban J connectivity index is 2.30. The molecule has 0 aliphatic carbocycles. The highest BCUT2D eigenvalue weighted by Crippen LogP contribution is 2.35. The first-order valence-electron chi connectivity index (χ1n) is 4.62. The maximum Gasteiger partial charge on any atom is 0.309 e. The first kappa shape index (κ1) is 9.21. The van der Waals surface area contributed by atoms with E-state index in [-0.39, 0.29) is 6.10 Å². The van der Waals surface area contributed by atoms with Crippen molar-refractivity contribution in [1.29, 1.82) is 0 Å². The highest BCUT2D eigenvalue weighted by Gasteiger charge is 2.31. The van der Waals surface area contributed by atoms with Crippen LogP contribution in [0.1, 0.15) is 24.2 Å². The van der Waals surface area contributed by atoms with Crippen LogP contribution in [0.3, 0.4) is 0 Å². The van der Waals surface area contributed by atoms with Crippen LogP contribution in [0.2, 0.25) is 0 Å². The SMILES string of the molecule is C[C@@H](C(=O)O)C1OCc2ccccc21. The van der Waals surface area contributed by atoms with Gasteiger partial charge in [0.2, 0.25) is 0 Å². The number of rotatable bonds is 2.